The van der Waals surface area contributed by atoms with Gasteiger partial charge in [0.15, 0.2) is 8.24 Å². The van der Waals surface area contributed by atoms with Crippen molar-refractivity contribution in [3.05, 3.63) is 0 Å². The zero-order valence-corrected chi connectivity index (χ0v) is 15.4. The van der Waals surface area contributed by atoms with Crippen molar-refractivity contribution in [1.29, 1.82) is 0 Å². The first-order chi connectivity index (χ1) is 8.27. The van der Waals surface area contributed by atoms with Gasteiger partial charge in [-0.3, -0.25) is 9.59 Å². The Bertz CT molecular complexity index is 348. The Morgan fingerprint density at radius 3 is 1.74 bits per heavy atom. The van der Waals surface area contributed by atoms with Crippen LogP contribution in [-0.2, 0) is 9.59 Å². The predicted molar refractivity (Wildman–Crippen MR) is 83.2 cm³/mol. The smallest absolute Gasteiger partial charge is 0.325 e. The van der Waals surface area contributed by atoms with Crippen LogP contribution in [0.25, 0.3) is 0 Å². The number of amides is 1. The molecule has 0 aromatic rings. The van der Waals surface area contributed by atoms with E-state index in [1.165, 1.54) is 0 Å². The monoisotopic (exact) mass is 304 g/mol. The third-order valence-electron chi connectivity index (χ3n) is 2.72. The second-order valence-corrected chi connectivity index (χ2v) is 16.6. The van der Waals surface area contributed by atoms with Crippen molar-refractivity contribution in [2.75, 3.05) is 0 Å². The molecular formula is C12H28N2O3Si2. The fourth-order valence-corrected chi connectivity index (χ4v) is 5.68. The maximum absolute atomic E-state index is 12.6. The van der Waals surface area contributed by atoms with E-state index < -0.39 is 28.5 Å². The Labute approximate surface area is 118 Å². The zero-order valence-electron chi connectivity index (χ0n) is 13.4. The van der Waals surface area contributed by atoms with Gasteiger partial charge in [0, 0.05) is 0 Å². The molecule has 1 amide bonds. The first-order valence-electron chi connectivity index (χ1n) is 6.61. The summed E-state index contributed by atoms with van der Waals surface area (Å²) in [6.45, 7) is 15.7. The SMILES string of the molecule is C[C@H](N[Si](C)(C)C)C(=O)N([C@@H](C)C(=O)O)[Si](C)(C)C. The Hall–Kier alpha value is -0.666. The van der Waals surface area contributed by atoms with Crippen molar-refractivity contribution in [2.45, 2.75) is 65.2 Å². The highest BCUT2D eigenvalue weighted by atomic mass is 28.3. The number of nitrogens with one attached hydrogen (secondary N) is 1. The average molecular weight is 305 g/mol. The quantitative estimate of drug-likeness (QED) is 0.736. The molecule has 0 fully saturated rings. The van der Waals surface area contributed by atoms with Gasteiger partial charge in [0.1, 0.15) is 14.3 Å². The number of aliphatic carboxylic acids is 1. The minimum Gasteiger partial charge on any atom is -0.480 e. The van der Waals surface area contributed by atoms with Gasteiger partial charge in [0.05, 0.1) is 6.04 Å². The normalized spacial score (nSPS) is 15.8. The molecule has 0 aliphatic heterocycles. The molecule has 0 heterocycles. The van der Waals surface area contributed by atoms with Crippen molar-refractivity contribution >= 4 is 28.3 Å². The number of hydrogen-bond donors (Lipinski definition) is 2. The van der Waals surface area contributed by atoms with Crippen molar-refractivity contribution in [1.82, 2.24) is 9.55 Å². The summed E-state index contributed by atoms with van der Waals surface area (Å²) in [5, 5.41) is 9.20. The number of carbonyl (C=O) groups excluding carboxylic acids is 1. The lowest BCUT2D eigenvalue weighted by molar-refractivity contribution is -0.146. The van der Waals surface area contributed by atoms with Gasteiger partial charge in [-0.05, 0) is 13.8 Å². The number of rotatable bonds is 6. The molecule has 5 nitrogen and oxygen atoms in total. The molecule has 19 heavy (non-hydrogen) atoms. The number of carboxylic acid groups (broad SMARTS) is 1. The lowest BCUT2D eigenvalue weighted by Crippen LogP contribution is -2.63. The maximum Gasteiger partial charge on any atom is 0.325 e. The first kappa shape index (κ1) is 18.3. The van der Waals surface area contributed by atoms with Gasteiger partial charge >= 0.3 is 5.97 Å². The molecule has 7 heteroatoms. The highest BCUT2D eigenvalue weighted by Gasteiger charge is 2.38. The molecule has 2 atom stereocenters. The summed E-state index contributed by atoms with van der Waals surface area (Å²) in [4.78, 5) is 27.1. The Balaban J connectivity index is 5.19. The van der Waals surface area contributed by atoms with Gasteiger partial charge in [-0.25, -0.2) is 0 Å². The van der Waals surface area contributed by atoms with Crippen LogP contribution in [0.1, 0.15) is 13.8 Å². The zero-order chi connectivity index (χ0) is 15.6. The van der Waals surface area contributed by atoms with E-state index in [0.29, 0.717) is 0 Å². The lowest BCUT2D eigenvalue weighted by Gasteiger charge is -2.40. The van der Waals surface area contributed by atoms with Crippen molar-refractivity contribution in [3.8, 4) is 0 Å². The van der Waals surface area contributed by atoms with E-state index in [4.69, 9.17) is 0 Å². The summed E-state index contributed by atoms with van der Waals surface area (Å²) in [7, 11) is -3.61. The van der Waals surface area contributed by atoms with Crippen molar-refractivity contribution in [3.63, 3.8) is 0 Å². The van der Waals surface area contributed by atoms with E-state index in [1.54, 1.807) is 11.5 Å². The van der Waals surface area contributed by atoms with Crippen molar-refractivity contribution < 1.29 is 14.7 Å². The third-order valence-corrected chi connectivity index (χ3v) is 6.08. The van der Waals surface area contributed by atoms with Crippen molar-refractivity contribution in [2.24, 2.45) is 0 Å². The summed E-state index contributed by atoms with van der Waals surface area (Å²) in [6.07, 6.45) is 0. The van der Waals surface area contributed by atoms with Crippen LogP contribution in [0.4, 0.5) is 0 Å². The van der Waals surface area contributed by atoms with E-state index >= 15 is 0 Å². The van der Waals surface area contributed by atoms with E-state index in [0.717, 1.165) is 0 Å². The molecule has 2 N–H and O–H groups in total. The maximum atomic E-state index is 12.6. The van der Waals surface area contributed by atoms with Crippen LogP contribution in [0.3, 0.4) is 0 Å². The molecular weight excluding hydrogens is 276 g/mol. The Morgan fingerprint density at radius 1 is 1.05 bits per heavy atom. The fraction of sp³-hybridized carbons (Fsp3) is 0.833. The van der Waals surface area contributed by atoms with Gasteiger partial charge in [-0.2, -0.15) is 0 Å². The van der Waals surface area contributed by atoms with Gasteiger partial charge < -0.3 is 14.7 Å². The largest absolute Gasteiger partial charge is 0.480 e. The molecule has 0 saturated carbocycles. The number of hydrogen-bond acceptors (Lipinski definition) is 3. The fourth-order valence-electron chi connectivity index (χ4n) is 2.13. The van der Waals surface area contributed by atoms with Crippen LogP contribution < -0.4 is 4.98 Å². The second kappa shape index (κ2) is 6.19. The molecule has 0 bridgehead atoms. The lowest BCUT2D eigenvalue weighted by atomic mass is 10.3. The molecule has 112 valence electrons. The van der Waals surface area contributed by atoms with Gasteiger partial charge in [0.25, 0.3) is 0 Å². The minimum absolute atomic E-state index is 0.100. The van der Waals surface area contributed by atoms with Gasteiger partial charge in [0.2, 0.25) is 5.91 Å². The summed E-state index contributed by atoms with van der Waals surface area (Å²) >= 11 is 0. The third kappa shape index (κ3) is 5.88. The number of carboxylic acids is 1. The molecule has 0 rings (SSSR count). The molecule has 0 aliphatic carbocycles. The number of nitrogens with zero attached hydrogens (tertiary/aromatic N) is 1. The number of carbonyl (C=O) groups is 2. The van der Waals surface area contributed by atoms with Gasteiger partial charge in [-0.15, -0.1) is 0 Å². The standard InChI is InChI=1S/C12H28N2O3Si2/c1-9(13-18(3,4)5)11(15)14(19(6,7)8)10(2)12(16)17/h9-10,13H,1-8H3,(H,16,17)/t9-,10-/m0/s1. The molecule has 0 spiro atoms. The highest BCUT2D eigenvalue weighted by molar-refractivity contribution is 6.76. The van der Waals surface area contributed by atoms with Crippen LogP contribution in [0.2, 0.25) is 39.3 Å². The molecule has 0 aromatic carbocycles. The molecule has 0 saturated heterocycles. The Morgan fingerprint density at radius 2 is 1.47 bits per heavy atom. The van der Waals surface area contributed by atoms with Gasteiger partial charge in [-0.1, -0.05) is 39.3 Å². The minimum atomic E-state index is -2.04. The first-order valence-corrected chi connectivity index (χ1v) is 13.6. The summed E-state index contributed by atoms with van der Waals surface area (Å²) < 4.78 is 1.59. The van der Waals surface area contributed by atoms with E-state index in [2.05, 4.69) is 24.6 Å². The van der Waals surface area contributed by atoms with Crippen LogP contribution in [0.5, 0.6) is 0 Å². The Kier molecular flexibility index (Phi) is 5.97. The molecule has 0 aliphatic rings. The summed E-state index contributed by atoms with van der Waals surface area (Å²) in [6, 6.07) is -1.11. The summed E-state index contributed by atoms with van der Waals surface area (Å²) in [5.74, 6) is -1.05. The van der Waals surface area contributed by atoms with Crippen LogP contribution in [0, 0.1) is 0 Å². The van der Waals surface area contributed by atoms with E-state index in [-0.39, 0.29) is 11.9 Å². The molecule has 0 unspecified atom stereocenters. The highest BCUT2D eigenvalue weighted by Crippen LogP contribution is 2.16. The molecule has 0 aromatic heterocycles. The van der Waals surface area contributed by atoms with E-state index in [1.807, 2.05) is 26.6 Å². The van der Waals surface area contributed by atoms with Crippen LogP contribution >= 0.6 is 0 Å². The van der Waals surface area contributed by atoms with E-state index in [9.17, 15) is 14.7 Å². The van der Waals surface area contributed by atoms with Crippen LogP contribution in [0.15, 0.2) is 0 Å². The molecule has 0 radical (unpaired) electrons. The summed E-state index contributed by atoms with van der Waals surface area (Å²) in [5.41, 5.74) is 0. The predicted octanol–water partition coefficient (Wildman–Crippen LogP) is 1.94. The van der Waals surface area contributed by atoms with Crippen LogP contribution in [-0.4, -0.2) is 50.1 Å². The average Bonchev–Trinajstić information content (AvgIpc) is 2.12. The second-order valence-electron chi connectivity index (χ2n) is 7.01. The topological polar surface area (TPSA) is 69.6 Å².